The highest BCUT2D eigenvalue weighted by molar-refractivity contribution is 5.98. The molecule has 3 amide bonds. The van der Waals surface area contributed by atoms with Crippen molar-refractivity contribution in [3.05, 3.63) is 54.1 Å². The molecular formula is C27H33N5O7. The number of aliphatic hydroxyl groups is 1. The van der Waals surface area contributed by atoms with Crippen molar-refractivity contribution in [3.8, 4) is 5.75 Å². The summed E-state index contributed by atoms with van der Waals surface area (Å²) in [6.45, 7) is 3.00. The van der Waals surface area contributed by atoms with Gasteiger partial charge in [0.1, 0.15) is 11.8 Å². The number of aromatic hydroxyl groups is 1. The van der Waals surface area contributed by atoms with Gasteiger partial charge in [0.15, 0.2) is 11.8 Å². The average Bonchev–Trinajstić information content (AvgIpc) is 2.89. The fraction of sp³-hybridized carbons (Fsp3) is 0.481. The van der Waals surface area contributed by atoms with Crippen LogP contribution in [0.1, 0.15) is 49.2 Å². The highest BCUT2D eigenvalue weighted by atomic mass is 16.5. The number of carbonyl (C=O) groups is 4. The molecule has 6 atom stereocenters. The largest absolute Gasteiger partial charge is 0.505 e. The molecule has 4 rings (SSSR count). The molecule has 12 heteroatoms. The normalized spacial score (nSPS) is 28.5. The van der Waals surface area contributed by atoms with E-state index in [2.05, 4.69) is 25.9 Å². The van der Waals surface area contributed by atoms with E-state index in [4.69, 9.17) is 4.74 Å². The van der Waals surface area contributed by atoms with E-state index in [1.807, 2.05) is 0 Å². The quantitative estimate of drug-likeness (QED) is 0.333. The Bertz CT molecular complexity index is 1210. The summed E-state index contributed by atoms with van der Waals surface area (Å²) in [4.78, 5) is 60.8. The van der Waals surface area contributed by atoms with Gasteiger partial charge >= 0.3 is 5.97 Å². The van der Waals surface area contributed by atoms with Gasteiger partial charge < -0.3 is 30.9 Å². The number of aromatic nitrogens is 2. The first kappa shape index (κ1) is 28.0. The molecule has 39 heavy (non-hydrogen) atoms. The molecule has 0 radical (unpaired) electrons. The zero-order valence-corrected chi connectivity index (χ0v) is 21.7. The first-order valence-electron chi connectivity index (χ1n) is 13.0. The Morgan fingerprint density at radius 1 is 1.10 bits per heavy atom. The Hall–Kier alpha value is -4.06. The number of amides is 3. The number of hydrogen-bond acceptors (Lipinski definition) is 9. The number of ether oxygens (including phenoxy) is 1. The lowest BCUT2D eigenvalue weighted by Crippen LogP contribution is -2.63. The highest BCUT2D eigenvalue weighted by Gasteiger charge is 2.42. The number of cyclic esters (lactones) is 1. The first-order chi connectivity index (χ1) is 18.7. The van der Waals surface area contributed by atoms with E-state index in [-0.39, 0.29) is 23.8 Å². The molecule has 2 aromatic rings. The van der Waals surface area contributed by atoms with Gasteiger partial charge in [-0.15, -0.1) is 0 Å². The van der Waals surface area contributed by atoms with Crippen LogP contribution in [-0.2, 0) is 25.5 Å². The second-order valence-electron chi connectivity index (χ2n) is 10.1. The van der Waals surface area contributed by atoms with Crippen molar-refractivity contribution in [3.63, 3.8) is 0 Å². The van der Waals surface area contributed by atoms with E-state index in [1.165, 1.54) is 32.2 Å². The SMILES string of the molecule is C[C@H]1NC(=O)C(C2CCC2)OC(=O)[C@H](C)[C@H](O)[C@H](Cc2cccnc2)NC(=O)[C@H]1NC(=O)c1ncccc1O. The van der Waals surface area contributed by atoms with Crippen LogP contribution >= 0.6 is 0 Å². The molecule has 2 fully saturated rings. The highest BCUT2D eigenvalue weighted by Crippen LogP contribution is 2.32. The molecule has 1 saturated heterocycles. The standard InChI is InChI=1S/C27H33N5O7/c1-14-22(34)18(12-16-6-4-10-28-13-16)31-24(35)20(32-25(36)21-19(33)9-5-11-29-21)15(2)30-26(37)23(39-27(14)38)17-7-3-8-17/h4-6,9-11,13-15,17-18,20,22-23,33-34H,3,7-8,12H2,1-2H3,(H,30,37)(H,31,35)(H,32,36)/t14-,15-,18+,20+,22+,23?/m1/s1. The first-order valence-corrected chi connectivity index (χ1v) is 13.0. The number of aliphatic hydroxyl groups excluding tert-OH is 1. The van der Waals surface area contributed by atoms with Crippen LogP contribution in [0.15, 0.2) is 42.9 Å². The summed E-state index contributed by atoms with van der Waals surface area (Å²) in [5.74, 6) is -4.52. The summed E-state index contributed by atoms with van der Waals surface area (Å²) >= 11 is 0. The van der Waals surface area contributed by atoms with E-state index in [1.54, 1.807) is 24.5 Å². The third kappa shape index (κ3) is 6.51. The molecule has 0 aromatic carbocycles. The molecule has 1 aliphatic heterocycles. The van der Waals surface area contributed by atoms with Crippen molar-refractivity contribution in [2.75, 3.05) is 0 Å². The second-order valence-corrected chi connectivity index (χ2v) is 10.1. The van der Waals surface area contributed by atoms with Crippen molar-refractivity contribution in [2.24, 2.45) is 11.8 Å². The van der Waals surface area contributed by atoms with Crippen molar-refractivity contribution in [1.29, 1.82) is 0 Å². The molecule has 2 aliphatic rings. The minimum absolute atomic E-state index is 0.132. The predicted octanol–water partition coefficient (Wildman–Crippen LogP) is 0.235. The van der Waals surface area contributed by atoms with Gasteiger partial charge in [-0.3, -0.25) is 24.2 Å². The Morgan fingerprint density at radius 3 is 2.49 bits per heavy atom. The third-order valence-electron chi connectivity index (χ3n) is 7.32. The molecule has 2 aromatic heterocycles. The maximum Gasteiger partial charge on any atom is 0.312 e. The van der Waals surface area contributed by atoms with Crippen LogP contribution in [0.4, 0.5) is 0 Å². The van der Waals surface area contributed by atoms with E-state index in [0.717, 1.165) is 6.42 Å². The number of carbonyl (C=O) groups excluding carboxylic acids is 4. The van der Waals surface area contributed by atoms with Crippen molar-refractivity contribution >= 4 is 23.7 Å². The van der Waals surface area contributed by atoms with Crippen molar-refractivity contribution in [1.82, 2.24) is 25.9 Å². The van der Waals surface area contributed by atoms with E-state index in [0.29, 0.717) is 18.4 Å². The van der Waals surface area contributed by atoms with Crippen LogP contribution in [0, 0.1) is 11.8 Å². The van der Waals surface area contributed by atoms with Gasteiger partial charge in [0, 0.05) is 24.5 Å². The van der Waals surface area contributed by atoms with Gasteiger partial charge in [-0.1, -0.05) is 12.5 Å². The number of rotatable bonds is 5. The summed E-state index contributed by atoms with van der Waals surface area (Å²) in [6.07, 6.45) is 4.42. The fourth-order valence-corrected chi connectivity index (χ4v) is 4.72. The smallest absolute Gasteiger partial charge is 0.312 e. The number of nitrogens with one attached hydrogen (secondary N) is 3. The maximum absolute atomic E-state index is 13.6. The molecule has 0 spiro atoms. The minimum atomic E-state index is -1.38. The number of nitrogens with zero attached hydrogens (tertiary/aromatic N) is 2. The average molecular weight is 540 g/mol. The molecular weight excluding hydrogens is 506 g/mol. The zero-order valence-electron chi connectivity index (χ0n) is 21.7. The van der Waals surface area contributed by atoms with Crippen LogP contribution in [0.25, 0.3) is 0 Å². The maximum atomic E-state index is 13.6. The van der Waals surface area contributed by atoms with Crippen LogP contribution in [0.5, 0.6) is 5.75 Å². The van der Waals surface area contributed by atoms with Gasteiger partial charge in [0.05, 0.1) is 24.1 Å². The topological polar surface area (TPSA) is 180 Å². The van der Waals surface area contributed by atoms with Crippen LogP contribution in [-0.4, -0.2) is 74.2 Å². The van der Waals surface area contributed by atoms with Gasteiger partial charge in [0.2, 0.25) is 5.91 Å². The van der Waals surface area contributed by atoms with Gasteiger partial charge in [0.25, 0.3) is 11.8 Å². The Morgan fingerprint density at radius 2 is 1.85 bits per heavy atom. The lowest BCUT2D eigenvalue weighted by molar-refractivity contribution is -0.169. The predicted molar refractivity (Wildman–Crippen MR) is 137 cm³/mol. The molecule has 1 aliphatic carbocycles. The third-order valence-corrected chi connectivity index (χ3v) is 7.32. The molecule has 0 bridgehead atoms. The Kier molecular flexibility index (Phi) is 8.75. The van der Waals surface area contributed by atoms with Gasteiger partial charge in [-0.05, 0) is 56.9 Å². The lowest BCUT2D eigenvalue weighted by atomic mass is 9.80. The number of hydrogen-bond donors (Lipinski definition) is 5. The number of esters is 1. The fourth-order valence-electron chi connectivity index (χ4n) is 4.72. The summed E-state index contributed by atoms with van der Waals surface area (Å²) in [5.41, 5.74) is 0.402. The molecule has 5 N–H and O–H groups in total. The summed E-state index contributed by atoms with van der Waals surface area (Å²) in [7, 11) is 0. The van der Waals surface area contributed by atoms with Crippen LogP contribution < -0.4 is 16.0 Å². The second kappa shape index (κ2) is 12.2. The molecule has 208 valence electrons. The van der Waals surface area contributed by atoms with E-state index < -0.39 is 59.9 Å². The monoisotopic (exact) mass is 539 g/mol. The van der Waals surface area contributed by atoms with Crippen LogP contribution in [0.2, 0.25) is 0 Å². The van der Waals surface area contributed by atoms with Gasteiger partial charge in [-0.2, -0.15) is 0 Å². The summed E-state index contributed by atoms with van der Waals surface area (Å²) in [6, 6.07) is 2.97. The van der Waals surface area contributed by atoms with Gasteiger partial charge in [-0.25, -0.2) is 4.98 Å². The van der Waals surface area contributed by atoms with E-state index in [9.17, 15) is 29.4 Å². The zero-order chi connectivity index (χ0) is 28.1. The van der Waals surface area contributed by atoms with Crippen molar-refractivity contribution < 1.29 is 34.1 Å². The lowest BCUT2D eigenvalue weighted by Gasteiger charge is -2.37. The van der Waals surface area contributed by atoms with Crippen LogP contribution in [0.3, 0.4) is 0 Å². The number of pyridine rings is 2. The molecule has 3 heterocycles. The summed E-state index contributed by atoms with van der Waals surface area (Å²) < 4.78 is 5.63. The van der Waals surface area contributed by atoms with E-state index >= 15 is 0 Å². The Balaban J connectivity index is 1.67. The molecule has 12 nitrogen and oxygen atoms in total. The summed E-state index contributed by atoms with van der Waals surface area (Å²) in [5, 5.41) is 29.3. The van der Waals surface area contributed by atoms with Crippen molar-refractivity contribution in [2.45, 2.75) is 69.9 Å². The minimum Gasteiger partial charge on any atom is -0.505 e. The molecule has 1 saturated carbocycles. The molecule has 1 unspecified atom stereocenters. The Labute approximate surface area is 225 Å².